The predicted molar refractivity (Wildman–Crippen MR) is 69.0 cm³/mol. The summed E-state index contributed by atoms with van der Waals surface area (Å²) in [4.78, 5) is 21.2. The summed E-state index contributed by atoms with van der Waals surface area (Å²) in [6.45, 7) is 2.81. The smallest absolute Gasteiger partial charge is 0.304 e. The molecule has 8 heteroatoms. The van der Waals surface area contributed by atoms with Crippen LogP contribution in [0.5, 0.6) is 0 Å². The number of carboxylic acid groups (broad SMARTS) is 1. The van der Waals surface area contributed by atoms with Crippen molar-refractivity contribution >= 4 is 21.9 Å². The van der Waals surface area contributed by atoms with Crippen molar-refractivity contribution in [1.82, 2.24) is 9.62 Å². The largest absolute Gasteiger partial charge is 0.481 e. The zero-order chi connectivity index (χ0) is 14.5. The fraction of sp³-hybridized carbons (Fsp3) is 0.818. The highest BCUT2D eigenvalue weighted by Gasteiger charge is 2.28. The summed E-state index contributed by atoms with van der Waals surface area (Å²) in [7, 11) is -3.47. The maximum atomic E-state index is 11.9. The van der Waals surface area contributed by atoms with Crippen molar-refractivity contribution in [2.45, 2.75) is 26.2 Å². The molecule has 1 saturated heterocycles. The maximum absolute atomic E-state index is 11.9. The van der Waals surface area contributed by atoms with Crippen LogP contribution in [-0.4, -0.2) is 55.1 Å². The van der Waals surface area contributed by atoms with Crippen molar-refractivity contribution in [2.75, 3.05) is 25.4 Å². The van der Waals surface area contributed by atoms with Gasteiger partial charge in [0, 0.05) is 26.6 Å². The van der Waals surface area contributed by atoms with Gasteiger partial charge in [0.1, 0.15) is 0 Å². The first-order valence-corrected chi connectivity index (χ1v) is 7.86. The number of hydrogen-bond donors (Lipinski definition) is 2. The number of carbonyl (C=O) groups is 2. The molecule has 1 amide bonds. The highest BCUT2D eigenvalue weighted by atomic mass is 32.2. The quantitative estimate of drug-likeness (QED) is 0.695. The van der Waals surface area contributed by atoms with Gasteiger partial charge in [-0.1, -0.05) is 0 Å². The molecule has 0 spiro atoms. The minimum atomic E-state index is -3.47. The summed E-state index contributed by atoms with van der Waals surface area (Å²) in [5.41, 5.74) is 0. The molecule has 0 saturated carbocycles. The second-order valence-corrected chi connectivity index (χ2v) is 6.83. The van der Waals surface area contributed by atoms with Gasteiger partial charge in [-0.05, 0) is 18.8 Å². The van der Waals surface area contributed by atoms with E-state index in [0.717, 1.165) is 0 Å². The van der Waals surface area contributed by atoms with E-state index in [1.807, 2.05) is 0 Å². The van der Waals surface area contributed by atoms with E-state index in [1.54, 1.807) is 0 Å². The molecule has 0 aromatic carbocycles. The van der Waals surface area contributed by atoms with Crippen LogP contribution in [0.3, 0.4) is 0 Å². The van der Waals surface area contributed by atoms with E-state index in [9.17, 15) is 18.0 Å². The number of piperidine rings is 1. The summed E-state index contributed by atoms with van der Waals surface area (Å²) < 4.78 is 25.1. The molecule has 2 N–H and O–H groups in total. The molecule has 1 aliphatic rings. The Labute approximate surface area is 113 Å². The Bertz CT molecular complexity index is 426. The van der Waals surface area contributed by atoms with Gasteiger partial charge in [-0.15, -0.1) is 0 Å². The van der Waals surface area contributed by atoms with Crippen molar-refractivity contribution in [1.29, 1.82) is 0 Å². The molecule has 19 heavy (non-hydrogen) atoms. The van der Waals surface area contributed by atoms with Crippen LogP contribution in [0.15, 0.2) is 0 Å². The van der Waals surface area contributed by atoms with Crippen LogP contribution in [-0.2, 0) is 19.6 Å². The van der Waals surface area contributed by atoms with Crippen LogP contribution in [0.4, 0.5) is 0 Å². The molecule has 1 aliphatic heterocycles. The summed E-state index contributed by atoms with van der Waals surface area (Å²) in [5.74, 6) is -1.26. The Balaban J connectivity index is 2.40. The fourth-order valence-corrected chi connectivity index (χ4v) is 3.48. The van der Waals surface area contributed by atoms with Gasteiger partial charge in [0.15, 0.2) is 0 Å². The monoisotopic (exact) mass is 292 g/mol. The van der Waals surface area contributed by atoms with E-state index in [4.69, 9.17) is 5.11 Å². The highest BCUT2D eigenvalue weighted by Crippen LogP contribution is 2.19. The number of nitrogens with one attached hydrogen (secondary N) is 1. The molecule has 0 aromatic heterocycles. The van der Waals surface area contributed by atoms with Gasteiger partial charge in [-0.2, -0.15) is 0 Å². The standard InChI is InChI=1S/C11H20N2O5S/c1-9(14)12-8-10-2-5-13(6-3-10)19(17,18)7-4-11(15)16/h10H,2-8H2,1H3,(H,12,14)(H,15,16). The normalized spacial score (nSPS) is 18.2. The fourth-order valence-electron chi connectivity index (χ4n) is 2.03. The summed E-state index contributed by atoms with van der Waals surface area (Å²) in [6, 6.07) is 0. The zero-order valence-corrected chi connectivity index (χ0v) is 11.8. The molecule has 1 heterocycles. The Morgan fingerprint density at radius 1 is 1.32 bits per heavy atom. The second-order valence-electron chi connectivity index (χ2n) is 4.74. The first-order chi connectivity index (χ1) is 8.81. The number of hydrogen-bond acceptors (Lipinski definition) is 4. The number of aliphatic carboxylic acids is 1. The average molecular weight is 292 g/mol. The van der Waals surface area contributed by atoms with Crippen LogP contribution in [0.25, 0.3) is 0 Å². The molecule has 7 nitrogen and oxygen atoms in total. The third kappa shape index (κ3) is 5.56. The molecule has 0 radical (unpaired) electrons. The van der Waals surface area contributed by atoms with Crippen molar-refractivity contribution < 1.29 is 23.1 Å². The van der Waals surface area contributed by atoms with Gasteiger partial charge in [0.25, 0.3) is 0 Å². The van der Waals surface area contributed by atoms with Crippen molar-refractivity contribution in [2.24, 2.45) is 5.92 Å². The molecular weight excluding hydrogens is 272 g/mol. The van der Waals surface area contributed by atoms with E-state index in [-0.39, 0.29) is 24.0 Å². The molecule has 1 rings (SSSR count). The Hall–Kier alpha value is -1.15. The number of carboxylic acids is 1. The van der Waals surface area contributed by atoms with E-state index < -0.39 is 16.0 Å². The van der Waals surface area contributed by atoms with Crippen molar-refractivity contribution in [3.05, 3.63) is 0 Å². The summed E-state index contributed by atoms with van der Waals surface area (Å²) in [5, 5.41) is 11.2. The third-order valence-electron chi connectivity index (χ3n) is 3.18. The topological polar surface area (TPSA) is 104 Å². The molecule has 110 valence electrons. The molecule has 0 bridgehead atoms. The molecular formula is C11H20N2O5S. The Kier molecular flexibility index (Phi) is 5.74. The molecule has 0 aliphatic carbocycles. The minimum absolute atomic E-state index is 0.0866. The average Bonchev–Trinajstić information content (AvgIpc) is 2.34. The third-order valence-corrected chi connectivity index (χ3v) is 5.05. The Morgan fingerprint density at radius 2 is 1.89 bits per heavy atom. The molecule has 0 unspecified atom stereocenters. The van der Waals surface area contributed by atoms with Crippen LogP contribution in [0, 0.1) is 5.92 Å². The number of amides is 1. The first kappa shape index (κ1) is 15.9. The van der Waals surface area contributed by atoms with E-state index in [2.05, 4.69) is 5.32 Å². The maximum Gasteiger partial charge on any atom is 0.304 e. The summed E-state index contributed by atoms with van der Waals surface area (Å²) in [6.07, 6.45) is 1.01. The van der Waals surface area contributed by atoms with Gasteiger partial charge in [0.2, 0.25) is 15.9 Å². The number of rotatable bonds is 6. The summed E-state index contributed by atoms with van der Waals surface area (Å²) >= 11 is 0. The van der Waals surface area contributed by atoms with Gasteiger partial charge < -0.3 is 10.4 Å². The highest BCUT2D eigenvalue weighted by molar-refractivity contribution is 7.89. The zero-order valence-electron chi connectivity index (χ0n) is 11.0. The lowest BCUT2D eigenvalue weighted by atomic mass is 9.98. The lowest BCUT2D eigenvalue weighted by Crippen LogP contribution is -2.42. The van der Waals surface area contributed by atoms with Gasteiger partial charge >= 0.3 is 5.97 Å². The van der Waals surface area contributed by atoms with Gasteiger partial charge in [-0.25, -0.2) is 12.7 Å². The van der Waals surface area contributed by atoms with Crippen molar-refractivity contribution in [3.8, 4) is 0 Å². The van der Waals surface area contributed by atoms with E-state index in [0.29, 0.717) is 32.5 Å². The lowest BCUT2D eigenvalue weighted by Gasteiger charge is -2.31. The van der Waals surface area contributed by atoms with Gasteiger partial charge in [0.05, 0.1) is 12.2 Å². The molecule has 1 fully saturated rings. The number of sulfonamides is 1. The van der Waals surface area contributed by atoms with Gasteiger partial charge in [-0.3, -0.25) is 9.59 Å². The van der Waals surface area contributed by atoms with Crippen LogP contribution >= 0.6 is 0 Å². The van der Waals surface area contributed by atoms with E-state index in [1.165, 1.54) is 11.2 Å². The van der Waals surface area contributed by atoms with Crippen LogP contribution in [0.2, 0.25) is 0 Å². The number of carbonyl (C=O) groups excluding carboxylic acids is 1. The predicted octanol–water partition coefficient (Wildman–Crippen LogP) is -0.361. The van der Waals surface area contributed by atoms with E-state index >= 15 is 0 Å². The van der Waals surface area contributed by atoms with Crippen LogP contribution < -0.4 is 5.32 Å². The van der Waals surface area contributed by atoms with Crippen LogP contribution in [0.1, 0.15) is 26.2 Å². The molecule has 0 atom stereocenters. The SMILES string of the molecule is CC(=O)NCC1CCN(S(=O)(=O)CCC(=O)O)CC1. The number of nitrogens with zero attached hydrogens (tertiary/aromatic N) is 1. The Morgan fingerprint density at radius 3 is 2.37 bits per heavy atom. The molecule has 0 aromatic rings. The lowest BCUT2D eigenvalue weighted by molar-refractivity contribution is -0.136. The second kappa shape index (κ2) is 6.85. The minimum Gasteiger partial charge on any atom is -0.481 e. The first-order valence-electron chi connectivity index (χ1n) is 6.25. The van der Waals surface area contributed by atoms with Crippen molar-refractivity contribution in [3.63, 3.8) is 0 Å².